The van der Waals surface area contributed by atoms with Crippen LogP contribution < -0.4 is 0 Å². The van der Waals surface area contributed by atoms with E-state index < -0.39 is 0 Å². The Balaban J connectivity index is 2.77. The Hall–Kier alpha value is -0.730. The molecular weight excluding hydrogens is 186 g/mol. The molecule has 1 aromatic carbocycles. The molecule has 0 spiro atoms. The van der Waals surface area contributed by atoms with Crippen LogP contribution in [0.5, 0.6) is 5.75 Å². The van der Waals surface area contributed by atoms with E-state index in [1.165, 1.54) is 6.07 Å². The molecule has 13 heavy (non-hydrogen) atoms. The Kier molecular flexibility index (Phi) is 3.58. The van der Waals surface area contributed by atoms with Crippen molar-refractivity contribution in [1.29, 1.82) is 0 Å². The van der Waals surface area contributed by atoms with Gasteiger partial charge in [-0.05, 0) is 36.9 Å². The third kappa shape index (κ3) is 3.25. The van der Waals surface area contributed by atoms with Gasteiger partial charge in [-0.15, -0.1) is 0 Å². The van der Waals surface area contributed by atoms with Crippen LogP contribution in [0.4, 0.5) is 0 Å². The van der Waals surface area contributed by atoms with Crippen LogP contribution in [0.3, 0.4) is 0 Å². The van der Waals surface area contributed by atoms with Crippen molar-refractivity contribution in [2.75, 3.05) is 6.54 Å². The minimum Gasteiger partial charge on any atom is -0.508 e. The standard InChI is InChI=1S/C10H13ClNO/c1-3-12(2)7-8-4-9(11)6-10(13)5-8/h4-6,13H,2-3,7H2,1H3/q-1. The van der Waals surface area contributed by atoms with E-state index in [1.807, 2.05) is 17.9 Å². The summed E-state index contributed by atoms with van der Waals surface area (Å²) in [6, 6.07) is 5.04. The van der Waals surface area contributed by atoms with Crippen molar-refractivity contribution in [3.05, 3.63) is 35.8 Å². The molecule has 0 bridgehead atoms. The number of phenolic OH excluding ortho intramolecular Hbond substituents is 1. The monoisotopic (exact) mass is 198 g/mol. The number of benzene rings is 1. The van der Waals surface area contributed by atoms with E-state index in [0.29, 0.717) is 11.6 Å². The Morgan fingerprint density at radius 2 is 2.15 bits per heavy atom. The van der Waals surface area contributed by atoms with Crippen LogP contribution in [0.25, 0.3) is 0 Å². The van der Waals surface area contributed by atoms with Crippen LogP contribution in [0.2, 0.25) is 5.02 Å². The van der Waals surface area contributed by atoms with Crippen LogP contribution >= 0.6 is 11.6 Å². The maximum atomic E-state index is 9.26. The van der Waals surface area contributed by atoms with Crippen molar-refractivity contribution >= 4 is 11.6 Å². The normalized spacial score (nSPS) is 10.8. The van der Waals surface area contributed by atoms with E-state index in [2.05, 4.69) is 7.05 Å². The summed E-state index contributed by atoms with van der Waals surface area (Å²) in [5.41, 5.74) is 0.974. The summed E-state index contributed by atoms with van der Waals surface area (Å²) in [6.07, 6.45) is 0. The molecule has 0 fully saturated rings. The van der Waals surface area contributed by atoms with Crippen LogP contribution in [0.1, 0.15) is 12.5 Å². The van der Waals surface area contributed by atoms with E-state index in [1.54, 1.807) is 6.07 Å². The van der Waals surface area contributed by atoms with Gasteiger partial charge in [0.1, 0.15) is 5.75 Å². The zero-order valence-corrected chi connectivity index (χ0v) is 8.38. The largest absolute Gasteiger partial charge is 0.508 e. The quantitative estimate of drug-likeness (QED) is 0.755. The van der Waals surface area contributed by atoms with E-state index >= 15 is 0 Å². The maximum absolute atomic E-state index is 9.26. The highest BCUT2D eigenvalue weighted by Crippen LogP contribution is 2.20. The zero-order valence-electron chi connectivity index (χ0n) is 7.63. The molecule has 1 N–H and O–H groups in total. The van der Waals surface area contributed by atoms with Gasteiger partial charge in [0, 0.05) is 5.02 Å². The summed E-state index contributed by atoms with van der Waals surface area (Å²) in [5.74, 6) is 0.201. The van der Waals surface area contributed by atoms with Crippen LogP contribution in [-0.2, 0) is 6.54 Å². The second-order valence-corrected chi connectivity index (χ2v) is 3.40. The van der Waals surface area contributed by atoms with Crippen LogP contribution in [-0.4, -0.2) is 16.6 Å². The molecule has 1 aromatic rings. The van der Waals surface area contributed by atoms with Crippen LogP contribution in [0, 0.1) is 7.05 Å². The molecular formula is C10H13ClNO-. The molecule has 0 unspecified atom stereocenters. The Morgan fingerprint density at radius 3 is 2.69 bits per heavy atom. The molecule has 0 amide bonds. The zero-order chi connectivity index (χ0) is 9.84. The van der Waals surface area contributed by atoms with Crippen molar-refractivity contribution in [3.63, 3.8) is 0 Å². The molecule has 0 aliphatic rings. The van der Waals surface area contributed by atoms with E-state index in [4.69, 9.17) is 11.6 Å². The number of aromatic hydroxyl groups is 1. The van der Waals surface area contributed by atoms with E-state index in [0.717, 1.165) is 12.1 Å². The third-order valence-electron chi connectivity index (χ3n) is 1.80. The maximum Gasteiger partial charge on any atom is 0.117 e. The number of nitrogens with zero attached hydrogens (tertiary/aromatic N) is 1. The molecule has 1 rings (SSSR count). The number of phenols is 1. The van der Waals surface area contributed by atoms with Gasteiger partial charge in [0.25, 0.3) is 0 Å². The Bertz CT molecular complexity index is 268. The molecule has 0 radical (unpaired) electrons. The SMILES string of the molecule is [CH2-]N(CC)Cc1cc(O)cc(Cl)c1. The third-order valence-corrected chi connectivity index (χ3v) is 2.01. The molecule has 0 atom stereocenters. The van der Waals surface area contributed by atoms with E-state index in [9.17, 15) is 5.11 Å². The lowest BCUT2D eigenvalue weighted by molar-refractivity contribution is 0.382. The molecule has 0 saturated carbocycles. The molecule has 0 heterocycles. The Morgan fingerprint density at radius 1 is 1.46 bits per heavy atom. The second-order valence-electron chi connectivity index (χ2n) is 2.96. The lowest BCUT2D eigenvalue weighted by Crippen LogP contribution is -2.13. The smallest absolute Gasteiger partial charge is 0.117 e. The van der Waals surface area contributed by atoms with Gasteiger partial charge >= 0.3 is 0 Å². The fourth-order valence-electron chi connectivity index (χ4n) is 1.09. The summed E-state index contributed by atoms with van der Waals surface area (Å²) >= 11 is 5.78. The summed E-state index contributed by atoms with van der Waals surface area (Å²) in [7, 11) is 3.82. The minimum absolute atomic E-state index is 0.201. The lowest BCUT2D eigenvalue weighted by atomic mass is 10.2. The van der Waals surface area contributed by atoms with Crippen molar-refractivity contribution < 1.29 is 5.11 Å². The van der Waals surface area contributed by atoms with Gasteiger partial charge in [-0.25, -0.2) is 0 Å². The lowest BCUT2D eigenvalue weighted by Gasteiger charge is -2.22. The number of hydrogen-bond acceptors (Lipinski definition) is 2. The van der Waals surface area contributed by atoms with Crippen LogP contribution in [0.15, 0.2) is 18.2 Å². The minimum atomic E-state index is 0.201. The van der Waals surface area contributed by atoms with E-state index in [-0.39, 0.29) is 5.75 Å². The number of halogens is 1. The summed E-state index contributed by atoms with van der Waals surface area (Å²) in [5, 5.41) is 9.81. The molecule has 0 aromatic heterocycles. The fraction of sp³-hybridized carbons (Fsp3) is 0.300. The van der Waals surface area contributed by atoms with Gasteiger partial charge in [0.05, 0.1) is 0 Å². The highest BCUT2D eigenvalue weighted by atomic mass is 35.5. The molecule has 0 aliphatic heterocycles. The van der Waals surface area contributed by atoms with Gasteiger partial charge in [0.15, 0.2) is 0 Å². The van der Waals surface area contributed by atoms with Gasteiger partial charge in [-0.2, -0.15) is 0 Å². The first-order chi connectivity index (χ1) is 6.11. The molecule has 3 heteroatoms. The molecule has 0 saturated heterocycles. The second kappa shape index (κ2) is 4.49. The predicted molar refractivity (Wildman–Crippen MR) is 54.6 cm³/mol. The molecule has 2 nitrogen and oxygen atoms in total. The number of rotatable bonds is 3. The first kappa shape index (κ1) is 10.4. The summed E-state index contributed by atoms with van der Waals surface area (Å²) in [4.78, 5) is 1.89. The van der Waals surface area contributed by atoms with Crippen molar-refractivity contribution in [1.82, 2.24) is 4.90 Å². The molecule has 0 aliphatic carbocycles. The number of hydrogen-bond donors (Lipinski definition) is 1. The highest BCUT2D eigenvalue weighted by molar-refractivity contribution is 6.30. The fourth-order valence-corrected chi connectivity index (χ4v) is 1.35. The molecule has 72 valence electrons. The van der Waals surface area contributed by atoms with Crippen molar-refractivity contribution in [2.24, 2.45) is 0 Å². The topological polar surface area (TPSA) is 23.5 Å². The highest BCUT2D eigenvalue weighted by Gasteiger charge is 1.98. The van der Waals surface area contributed by atoms with Gasteiger partial charge < -0.3 is 10.0 Å². The van der Waals surface area contributed by atoms with Gasteiger partial charge in [-0.1, -0.05) is 18.5 Å². The summed E-state index contributed by atoms with van der Waals surface area (Å²) < 4.78 is 0. The van der Waals surface area contributed by atoms with Crippen molar-refractivity contribution in [3.8, 4) is 5.75 Å². The van der Waals surface area contributed by atoms with Crippen molar-refractivity contribution in [2.45, 2.75) is 13.5 Å². The average Bonchev–Trinajstić information content (AvgIpc) is 2.02. The first-order valence-corrected chi connectivity index (χ1v) is 4.53. The average molecular weight is 199 g/mol. The van der Waals surface area contributed by atoms with Gasteiger partial charge in [-0.3, -0.25) is 7.05 Å². The Labute approximate surface area is 83.7 Å². The van der Waals surface area contributed by atoms with Gasteiger partial charge in [0.2, 0.25) is 0 Å². The summed E-state index contributed by atoms with van der Waals surface area (Å²) in [6.45, 7) is 3.59. The first-order valence-electron chi connectivity index (χ1n) is 4.15. The predicted octanol–water partition coefficient (Wildman–Crippen LogP) is 2.66.